The molecule has 0 aromatic heterocycles. The molecule has 1 rings (SSSR count). The average molecular weight is 335 g/mol. The molecule has 130 valence electrons. The van der Waals surface area contributed by atoms with Crippen LogP contribution in [0.25, 0.3) is 0 Å². The number of nitrogens with one attached hydrogen (secondary N) is 1. The molecule has 1 aliphatic heterocycles. The molecule has 1 aliphatic rings. The van der Waals surface area contributed by atoms with Crippen LogP contribution in [-0.4, -0.2) is 69.4 Å². The second kappa shape index (κ2) is 8.81. The third-order valence-electron chi connectivity index (χ3n) is 3.61. The van der Waals surface area contributed by atoms with E-state index in [-0.39, 0.29) is 24.5 Å². The number of piperidine rings is 1. The van der Waals surface area contributed by atoms with Gasteiger partial charge in [0.05, 0.1) is 12.0 Å². The second-order valence-corrected chi connectivity index (χ2v) is 8.19. The van der Waals surface area contributed by atoms with Gasteiger partial charge in [0.2, 0.25) is 5.91 Å². The molecule has 0 aromatic rings. The normalized spacial score (nSPS) is 20.5. The highest BCUT2D eigenvalue weighted by atomic mass is 32.2. The second-order valence-electron chi connectivity index (χ2n) is 6.05. The minimum Gasteiger partial charge on any atom is -0.379 e. The molecule has 22 heavy (non-hydrogen) atoms. The van der Waals surface area contributed by atoms with Gasteiger partial charge in [0.25, 0.3) is 10.2 Å². The monoisotopic (exact) mass is 335 g/mol. The SMILES string of the molecule is CC(C)OCCCNC(=O)[C@H]1CCCN(S(=O)(=O)N(C)C)C1. The van der Waals surface area contributed by atoms with Gasteiger partial charge in [-0.05, 0) is 33.1 Å². The van der Waals surface area contributed by atoms with Gasteiger partial charge in [-0.1, -0.05) is 0 Å². The molecule has 0 unspecified atom stereocenters. The summed E-state index contributed by atoms with van der Waals surface area (Å²) in [6.45, 7) is 5.86. The van der Waals surface area contributed by atoms with Gasteiger partial charge in [0.15, 0.2) is 0 Å². The Kier molecular flexibility index (Phi) is 7.75. The molecule has 0 aliphatic carbocycles. The molecular weight excluding hydrogens is 306 g/mol. The Morgan fingerprint density at radius 1 is 1.41 bits per heavy atom. The minimum absolute atomic E-state index is 0.0665. The molecule has 0 saturated carbocycles. The van der Waals surface area contributed by atoms with E-state index in [9.17, 15) is 13.2 Å². The number of carbonyl (C=O) groups is 1. The molecule has 0 bridgehead atoms. The molecule has 1 heterocycles. The van der Waals surface area contributed by atoms with E-state index < -0.39 is 10.2 Å². The fraction of sp³-hybridized carbons (Fsp3) is 0.929. The Hall–Kier alpha value is -0.700. The van der Waals surface area contributed by atoms with Crippen molar-refractivity contribution in [3.8, 4) is 0 Å². The van der Waals surface area contributed by atoms with Crippen LogP contribution in [-0.2, 0) is 19.7 Å². The van der Waals surface area contributed by atoms with Crippen molar-refractivity contribution in [1.82, 2.24) is 13.9 Å². The molecule has 1 atom stereocenters. The van der Waals surface area contributed by atoms with Crippen LogP contribution in [0.5, 0.6) is 0 Å². The van der Waals surface area contributed by atoms with Crippen molar-refractivity contribution in [2.24, 2.45) is 5.92 Å². The number of carbonyl (C=O) groups excluding carboxylic acids is 1. The highest BCUT2D eigenvalue weighted by Crippen LogP contribution is 2.20. The zero-order valence-electron chi connectivity index (χ0n) is 14.0. The Morgan fingerprint density at radius 3 is 2.68 bits per heavy atom. The Labute approximate surface area is 134 Å². The van der Waals surface area contributed by atoms with Crippen molar-refractivity contribution in [3.63, 3.8) is 0 Å². The van der Waals surface area contributed by atoms with Gasteiger partial charge < -0.3 is 10.1 Å². The maximum Gasteiger partial charge on any atom is 0.281 e. The van der Waals surface area contributed by atoms with Crippen LogP contribution in [0.4, 0.5) is 0 Å². The van der Waals surface area contributed by atoms with E-state index in [1.54, 1.807) is 0 Å². The van der Waals surface area contributed by atoms with Crippen molar-refractivity contribution >= 4 is 16.1 Å². The number of rotatable bonds is 8. The van der Waals surface area contributed by atoms with Crippen LogP contribution in [0.15, 0.2) is 0 Å². The first kappa shape index (κ1) is 19.3. The smallest absolute Gasteiger partial charge is 0.281 e. The topological polar surface area (TPSA) is 79.0 Å². The number of ether oxygens (including phenoxy) is 1. The third kappa shape index (κ3) is 5.83. The first-order valence-electron chi connectivity index (χ1n) is 7.82. The highest BCUT2D eigenvalue weighted by molar-refractivity contribution is 7.86. The number of hydrogen-bond donors (Lipinski definition) is 1. The summed E-state index contributed by atoms with van der Waals surface area (Å²) in [5.74, 6) is -0.335. The van der Waals surface area contributed by atoms with Gasteiger partial charge in [0, 0.05) is 40.3 Å². The maximum atomic E-state index is 12.2. The summed E-state index contributed by atoms with van der Waals surface area (Å²) in [4.78, 5) is 12.2. The summed E-state index contributed by atoms with van der Waals surface area (Å²) in [7, 11) is -0.423. The van der Waals surface area contributed by atoms with Crippen molar-refractivity contribution in [1.29, 1.82) is 0 Å². The Morgan fingerprint density at radius 2 is 2.09 bits per heavy atom. The molecule has 0 spiro atoms. The molecule has 1 saturated heterocycles. The van der Waals surface area contributed by atoms with Crippen molar-refractivity contribution in [2.45, 2.75) is 39.2 Å². The zero-order chi connectivity index (χ0) is 16.8. The van der Waals surface area contributed by atoms with E-state index in [1.807, 2.05) is 13.8 Å². The van der Waals surface area contributed by atoms with Crippen LogP contribution in [0.2, 0.25) is 0 Å². The van der Waals surface area contributed by atoms with Gasteiger partial charge in [0.1, 0.15) is 0 Å². The lowest BCUT2D eigenvalue weighted by molar-refractivity contribution is -0.126. The quantitative estimate of drug-likeness (QED) is 0.653. The largest absolute Gasteiger partial charge is 0.379 e. The van der Waals surface area contributed by atoms with Crippen LogP contribution in [0.3, 0.4) is 0 Å². The van der Waals surface area contributed by atoms with E-state index in [4.69, 9.17) is 4.74 Å². The van der Waals surface area contributed by atoms with Gasteiger partial charge in [-0.15, -0.1) is 0 Å². The predicted molar refractivity (Wildman–Crippen MR) is 85.6 cm³/mol. The molecule has 8 heteroatoms. The fourth-order valence-electron chi connectivity index (χ4n) is 2.34. The zero-order valence-corrected chi connectivity index (χ0v) is 14.9. The van der Waals surface area contributed by atoms with Crippen molar-refractivity contribution < 1.29 is 17.9 Å². The van der Waals surface area contributed by atoms with Crippen molar-refractivity contribution in [3.05, 3.63) is 0 Å². The minimum atomic E-state index is -3.44. The lowest BCUT2D eigenvalue weighted by Crippen LogP contribution is -2.48. The average Bonchev–Trinajstić information content (AvgIpc) is 2.46. The first-order chi connectivity index (χ1) is 10.2. The molecule has 1 amide bonds. The number of hydrogen-bond acceptors (Lipinski definition) is 4. The Balaban J connectivity index is 2.40. The van der Waals surface area contributed by atoms with E-state index in [2.05, 4.69) is 5.32 Å². The van der Waals surface area contributed by atoms with Gasteiger partial charge in [-0.2, -0.15) is 17.0 Å². The standard InChI is InChI=1S/C14H29N3O4S/c1-12(2)21-10-6-8-15-14(18)13-7-5-9-17(11-13)22(19,20)16(3)4/h12-13H,5-11H2,1-4H3,(H,15,18)/t13-/m0/s1. The van der Waals surface area contributed by atoms with E-state index >= 15 is 0 Å². The summed E-state index contributed by atoms with van der Waals surface area (Å²) in [5.41, 5.74) is 0. The number of nitrogens with zero attached hydrogens (tertiary/aromatic N) is 2. The summed E-state index contributed by atoms with van der Waals surface area (Å²) in [6, 6.07) is 0. The number of amides is 1. The van der Waals surface area contributed by atoms with Crippen LogP contribution in [0.1, 0.15) is 33.1 Å². The molecule has 0 aromatic carbocycles. The van der Waals surface area contributed by atoms with Crippen LogP contribution < -0.4 is 5.32 Å². The summed E-state index contributed by atoms with van der Waals surface area (Å²) >= 11 is 0. The van der Waals surface area contributed by atoms with E-state index in [0.29, 0.717) is 26.1 Å². The van der Waals surface area contributed by atoms with Gasteiger partial charge >= 0.3 is 0 Å². The molecule has 1 N–H and O–H groups in total. The predicted octanol–water partition coefficient (Wildman–Crippen LogP) is 0.436. The molecule has 0 radical (unpaired) electrons. The lowest BCUT2D eigenvalue weighted by Gasteiger charge is -2.32. The third-order valence-corrected chi connectivity index (χ3v) is 5.52. The summed E-state index contributed by atoms with van der Waals surface area (Å²) < 4.78 is 32.2. The molecule has 1 fully saturated rings. The highest BCUT2D eigenvalue weighted by Gasteiger charge is 2.33. The molecular formula is C14H29N3O4S. The summed E-state index contributed by atoms with van der Waals surface area (Å²) in [6.07, 6.45) is 2.39. The lowest BCUT2D eigenvalue weighted by atomic mass is 9.99. The van der Waals surface area contributed by atoms with Crippen molar-refractivity contribution in [2.75, 3.05) is 40.3 Å². The van der Waals surface area contributed by atoms with Crippen LogP contribution >= 0.6 is 0 Å². The first-order valence-corrected chi connectivity index (χ1v) is 9.21. The Bertz CT molecular complexity index is 451. The maximum absolute atomic E-state index is 12.2. The van der Waals surface area contributed by atoms with E-state index in [1.165, 1.54) is 22.7 Å². The fourth-order valence-corrected chi connectivity index (χ4v) is 3.53. The van der Waals surface area contributed by atoms with Gasteiger partial charge in [-0.25, -0.2) is 0 Å². The van der Waals surface area contributed by atoms with E-state index in [0.717, 1.165) is 12.8 Å². The van der Waals surface area contributed by atoms with Crippen LogP contribution in [0, 0.1) is 5.92 Å². The van der Waals surface area contributed by atoms with Gasteiger partial charge in [-0.3, -0.25) is 4.79 Å². The summed E-state index contributed by atoms with van der Waals surface area (Å²) in [5, 5.41) is 2.87. The molecule has 7 nitrogen and oxygen atoms in total.